The van der Waals surface area contributed by atoms with Gasteiger partial charge in [0, 0.05) is 13.0 Å². The maximum atomic E-state index is 12.0. The van der Waals surface area contributed by atoms with E-state index in [4.69, 9.17) is 0 Å². The molecule has 1 atom stereocenters. The van der Waals surface area contributed by atoms with Crippen LogP contribution in [0.25, 0.3) is 0 Å². The molecule has 0 spiro atoms. The second-order valence-corrected chi connectivity index (χ2v) is 5.65. The Morgan fingerprint density at radius 1 is 1.36 bits per heavy atom. The molecule has 1 aromatic heterocycles. The van der Waals surface area contributed by atoms with Crippen LogP contribution in [0.15, 0.2) is 30.6 Å². The van der Waals surface area contributed by atoms with E-state index in [0.29, 0.717) is 5.56 Å². The maximum absolute atomic E-state index is 12.0. The lowest BCUT2D eigenvalue weighted by atomic mass is 10.0. The molecule has 1 amide bonds. The summed E-state index contributed by atoms with van der Waals surface area (Å²) in [5.41, 5.74) is 2.28. The van der Waals surface area contributed by atoms with Crippen LogP contribution in [0.2, 0.25) is 0 Å². The van der Waals surface area contributed by atoms with E-state index < -0.39 is 22.8 Å². The van der Waals surface area contributed by atoms with Gasteiger partial charge in [0.05, 0.1) is 4.92 Å². The molecule has 1 aromatic carbocycles. The first-order chi connectivity index (χ1) is 11.8. The Bertz CT molecular complexity index is 815. The number of benzene rings is 1. The van der Waals surface area contributed by atoms with E-state index in [1.165, 1.54) is 10.9 Å². The van der Waals surface area contributed by atoms with Crippen LogP contribution in [0, 0.1) is 24.0 Å². The zero-order chi connectivity index (χ0) is 18.6. The fourth-order valence-electron chi connectivity index (χ4n) is 2.25. The van der Waals surface area contributed by atoms with Gasteiger partial charge in [-0.25, -0.2) is 4.79 Å². The highest BCUT2D eigenvalue weighted by Crippen LogP contribution is 2.18. The average Bonchev–Trinajstić information content (AvgIpc) is 3.02. The van der Waals surface area contributed by atoms with Gasteiger partial charge < -0.3 is 10.4 Å². The number of amides is 1. The summed E-state index contributed by atoms with van der Waals surface area (Å²) >= 11 is 0. The molecular weight excluding hydrogens is 328 g/mol. The molecule has 0 aliphatic heterocycles. The Balaban J connectivity index is 2.01. The maximum Gasteiger partial charge on any atom is 0.330 e. The van der Waals surface area contributed by atoms with Crippen LogP contribution in [-0.4, -0.2) is 31.7 Å². The van der Waals surface area contributed by atoms with Crippen molar-refractivity contribution < 1.29 is 19.6 Å². The molecule has 0 aliphatic rings. The van der Waals surface area contributed by atoms with Gasteiger partial charge in [0.25, 0.3) is 0 Å². The van der Waals surface area contributed by atoms with Gasteiger partial charge in [-0.3, -0.25) is 19.6 Å². The van der Waals surface area contributed by atoms with Gasteiger partial charge >= 0.3 is 11.7 Å². The standard InChI is InChI=1S/C16H18N4O5/c1-10-3-4-12(7-11(10)2)15(16(22)23)18-14(21)5-6-19-9-13(8-17-19)20(24)25/h3-4,7-9,15H,5-6H2,1-2H3,(H,18,21)(H,22,23). The van der Waals surface area contributed by atoms with Crippen molar-refractivity contribution in [2.24, 2.45) is 0 Å². The number of nitrogens with zero attached hydrogens (tertiary/aromatic N) is 3. The summed E-state index contributed by atoms with van der Waals surface area (Å²) in [4.78, 5) is 33.5. The number of aromatic nitrogens is 2. The number of carbonyl (C=O) groups excluding carboxylic acids is 1. The number of carboxylic acids is 1. The normalized spacial score (nSPS) is 11.8. The van der Waals surface area contributed by atoms with Crippen molar-refractivity contribution >= 4 is 17.6 Å². The Morgan fingerprint density at radius 2 is 2.08 bits per heavy atom. The smallest absolute Gasteiger partial charge is 0.330 e. The topological polar surface area (TPSA) is 127 Å². The molecule has 2 aromatic rings. The summed E-state index contributed by atoms with van der Waals surface area (Å²) in [5.74, 6) is -1.64. The van der Waals surface area contributed by atoms with E-state index >= 15 is 0 Å². The first kappa shape index (κ1) is 18.1. The highest BCUT2D eigenvalue weighted by Gasteiger charge is 2.22. The van der Waals surface area contributed by atoms with Crippen LogP contribution >= 0.6 is 0 Å². The summed E-state index contributed by atoms with van der Waals surface area (Å²) in [5, 5.41) is 26.2. The number of aryl methyl sites for hydroxylation is 3. The predicted molar refractivity (Wildman–Crippen MR) is 87.9 cm³/mol. The molecule has 0 bridgehead atoms. The van der Waals surface area contributed by atoms with Crippen LogP contribution in [-0.2, 0) is 16.1 Å². The SMILES string of the molecule is Cc1ccc(C(NC(=O)CCn2cc([N+](=O)[O-])cn2)C(=O)O)cc1C. The van der Waals surface area contributed by atoms with E-state index in [9.17, 15) is 24.8 Å². The molecule has 9 heteroatoms. The molecule has 2 rings (SSSR count). The van der Waals surface area contributed by atoms with Gasteiger partial charge in [0.2, 0.25) is 5.91 Å². The summed E-state index contributed by atoms with van der Waals surface area (Å²) in [6.45, 7) is 3.89. The van der Waals surface area contributed by atoms with Crippen molar-refractivity contribution in [3.63, 3.8) is 0 Å². The quantitative estimate of drug-likeness (QED) is 0.580. The number of rotatable bonds is 7. The van der Waals surface area contributed by atoms with E-state index in [1.807, 2.05) is 13.8 Å². The lowest BCUT2D eigenvalue weighted by Gasteiger charge is -2.16. The van der Waals surface area contributed by atoms with Crippen LogP contribution in [0.5, 0.6) is 0 Å². The van der Waals surface area contributed by atoms with Crippen molar-refractivity contribution in [2.75, 3.05) is 0 Å². The number of hydrogen-bond donors (Lipinski definition) is 2. The van der Waals surface area contributed by atoms with Crippen LogP contribution < -0.4 is 5.32 Å². The molecule has 9 nitrogen and oxygen atoms in total. The molecule has 0 saturated heterocycles. The van der Waals surface area contributed by atoms with Gasteiger partial charge in [-0.1, -0.05) is 18.2 Å². The van der Waals surface area contributed by atoms with Gasteiger partial charge in [-0.2, -0.15) is 5.10 Å². The third kappa shape index (κ3) is 4.63. The molecule has 1 unspecified atom stereocenters. The van der Waals surface area contributed by atoms with Crippen LogP contribution in [0.3, 0.4) is 0 Å². The lowest BCUT2D eigenvalue weighted by molar-refractivity contribution is -0.385. The highest BCUT2D eigenvalue weighted by atomic mass is 16.6. The van der Waals surface area contributed by atoms with E-state index in [1.54, 1.807) is 18.2 Å². The Kier molecular flexibility index (Phi) is 5.48. The average molecular weight is 346 g/mol. The van der Waals surface area contributed by atoms with Crippen LogP contribution in [0.1, 0.15) is 29.2 Å². The number of aliphatic carboxylic acids is 1. The molecule has 0 radical (unpaired) electrons. The Labute approximate surface area is 143 Å². The molecule has 0 fully saturated rings. The number of nitro groups is 1. The van der Waals surface area contributed by atoms with Gasteiger partial charge in [0.15, 0.2) is 6.04 Å². The van der Waals surface area contributed by atoms with E-state index in [2.05, 4.69) is 10.4 Å². The van der Waals surface area contributed by atoms with Crippen molar-refractivity contribution in [3.8, 4) is 0 Å². The minimum atomic E-state index is -1.16. The number of carbonyl (C=O) groups is 2. The fraction of sp³-hybridized carbons (Fsp3) is 0.312. The van der Waals surface area contributed by atoms with Gasteiger partial charge in [0.1, 0.15) is 12.4 Å². The molecule has 2 N–H and O–H groups in total. The zero-order valence-electron chi connectivity index (χ0n) is 13.8. The summed E-state index contributed by atoms with van der Waals surface area (Å²) < 4.78 is 1.27. The number of hydrogen-bond acceptors (Lipinski definition) is 5. The third-order valence-corrected chi connectivity index (χ3v) is 3.81. The van der Waals surface area contributed by atoms with Crippen molar-refractivity contribution in [1.29, 1.82) is 0 Å². The fourth-order valence-corrected chi connectivity index (χ4v) is 2.25. The van der Waals surface area contributed by atoms with Crippen molar-refractivity contribution in [3.05, 3.63) is 57.4 Å². The largest absolute Gasteiger partial charge is 0.479 e. The molecule has 1 heterocycles. The van der Waals surface area contributed by atoms with E-state index in [-0.39, 0.29) is 18.7 Å². The second-order valence-electron chi connectivity index (χ2n) is 5.65. The third-order valence-electron chi connectivity index (χ3n) is 3.81. The van der Waals surface area contributed by atoms with Crippen LogP contribution in [0.4, 0.5) is 5.69 Å². The molecule has 0 aliphatic carbocycles. The lowest BCUT2D eigenvalue weighted by Crippen LogP contribution is -2.34. The van der Waals surface area contributed by atoms with Crippen molar-refractivity contribution in [2.45, 2.75) is 32.9 Å². The van der Waals surface area contributed by atoms with Gasteiger partial charge in [-0.05, 0) is 30.5 Å². The summed E-state index contributed by atoms with van der Waals surface area (Å²) in [6, 6.07) is 4.04. The predicted octanol–water partition coefficient (Wildman–Crippen LogP) is 1.74. The number of carboxylic acid groups (broad SMARTS) is 1. The first-order valence-corrected chi connectivity index (χ1v) is 7.54. The molecule has 0 saturated carbocycles. The van der Waals surface area contributed by atoms with Crippen molar-refractivity contribution in [1.82, 2.24) is 15.1 Å². The van der Waals surface area contributed by atoms with E-state index in [0.717, 1.165) is 17.3 Å². The number of nitrogens with one attached hydrogen (secondary N) is 1. The molecule has 25 heavy (non-hydrogen) atoms. The Hall–Kier alpha value is -3.23. The highest BCUT2D eigenvalue weighted by molar-refractivity contribution is 5.84. The Morgan fingerprint density at radius 3 is 2.64 bits per heavy atom. The summed E-state index contributed by atoms with van der Waals surface area (Å²) in [6.07, 6.45) is 2.26. The van der Waals surface area contributed by atoms with Gasteiger partial charge in [-0.15, -0.1) is 0 Å². The first-order valence-electron chi connectivity index (χ1n) is 7.54. The monoisotopic (exact) mass is 346 g/mol. The zero-order valence-corrected chi connectivity index (χ0v) is 13.8. The minimum absolute atomic E-state index is 0.0482. The molecule has 132 valence electrons. The second kappa shape index (κ2) is 7.56. The summed E-state index contributed by atoms with van der Waals surface area (Å²) in [7, 11) is 0. The minimum Gasteiger partial charge on any atom is -0.479 e. The molecular formula is C16H18N4O5.